The maximum Gasteiger partial charge on any atom is 0.354 e. The zero-order chi connectivity index (χ0) is 25.7. The van der Waals surface area contributed by atoms with E-state index < -0.39 is 17.8 Å². The zero-order valence-corrected chi connectivity index (χ0v) is 19.9. The molecular formula is C25H30FN5O5. The lowest BCUT2D eigenvalue weighted by Crippen LogP contribution is -2.53. The number of benzene rings is 1. The second kappa shape index (κ2) is 11.3. The topological polar surface area (TPSA) is 142 Å². The first-order valence-electron chi connectivity index (χ1n) is 11.9. The first-order valence-corrected chi connectivity index (χ1v) is 11.9. The van der Waals surface area contributed by atoms with E-state index in [0.717, 1.165) is 31.6 Å². The molecule has 4 rings (SSSR count). The monoisotopic (exact) mass is 499 g/mol. The molecule has 4 N–H and O–H groups in total. The van der Waals surface area contributed by atoms with Crippen LogP contribution in [0.25, 0.3) is 0 Å². The lowest BCUT2D eigenvalue weighted by Gasteiger charge is -2.42. The summed E-state index contributed by atoms with van der Waals surface area (Å²) in [7, 11) is 0. The van der Waals surface area contributed by atoms with Crippen molar-refractivity contribution in [1.82, 2.24) is 4.98 Å². The molecule has 2 saturated heterocycles. The van der Waals surface area contributed by atoms with Crippen molar-refractivity contribution in [2.45, 2.75) is 32.0 Å². The number of carbonyl (C=O) groups excluding carboxylic acids is 1. The van der Waals surface area contributed by atoms with Crippen LogP contribution in [0.4, 0.5) is 15.8 Å². The predicted molar refractivity (Wildman–Crippen MR) is 131 cm³/mol. The molecule has 0 radical (unpaired) electrons. The van der Waals surface area contributed by atoms with Crippen LogP contribution < -0.4 is 15.5 Å². The van der Waals surface area contributed by atoms with Gasteiger partial charge in [0.2, 0.25) is 0 Å². The summed E-state index contributed by atoms with van der Waals surface area (Å²) in [5.74, 6) is -1.98. The summed E-state index contributed by atoms with van der Waals surface area (Å²) in [6, 6.07) is 8.30. The maximum atomic E-state index is 14.9. The van der Waals surface area contributed by atoms with Crippen LogP contribution in [0.5, 0.6) is 0 Å². The third-order valence-electron chi connectivity index (χ3n) is 6.48. The fraction of sp³-hybridized carbons (Fsp3) is 0.440. The van der Waals surface area contributed by atoms with E-state index in [2.05, 4.69) is 9.88 Å². The number of halogens is 1. The normalized spacial score (nSPS) is 16.5. The van der Waals surface area contributed by atoms with Crippen LogP contribution >= 0.6 is 0 Å². The number of amidine groups is 1. The van der Waals surface area contributed by atoms with E-state index in [-0.39, 0.29) is 36.2 Å². The average molecular weight is 500 g/mol. The van der Waals surface area contributed by atoms with Crippen LogP contribution in [-0.4, -0.2) is 66.8 Å². The van der Waals surface area contributed by atoms with Gasteiger partial charge in [-0.3, -0.25) is 10.2 Å². The summed E-state index contributed by atoms with van der Waals surface area (Å²) in [6.45, 7) is 3.33. The van der Waals surface area contributed by atoms with Crippen LogP contribution in [0.2, 0.25) is 0 Å². The van der Waals surface area contributed by atoms with Crippen molar-refractivity contribution in [2.24, 2.45) is 11.7 Å². The van der Waals surface area contributed by atoms with Gasteiger partial charge in [-0.05, 0) is 37.0 Å². The van der Waals surface area contributed by atoms with E-state index in [0.29, 0.717) is 31.3 Å². The highest BCUT2D eigenvalue weighted by molar-refractivity contribution is 5.94. The molecule has 36 heavy (non-hydrogen) atoms. The first-order chi connectivity index (χ1) is 17.3. The second-order valence-electron chi connectivity index (χ2n) is 9.11. The van der Waals surface area contributed by atoms with E-state index in [1.165, 1.54) is 6.07 Å². The molecule has 2 aliphatic rings. The summed E-state index contributed by atoms with van der Waals surface area (Å²) < 4.78 is 26.0. The lowest BCUT2D eigenvalue weighted by atomic mass is 9.97. The molecule has 0 atom stereocenters. The van der Waals surface area contributed by atoms with E-state index in [1.54, 1.807) is 30.5 Å². The number of carboxylic acids is 1. The summed E-state index contributed by atoms with van der Waals surface area (Å²) in [4.78, 5) is 30.6. The molecule has 2 fully saturated rings. The number of aromatic carboxylic acids is 1. The number of nitrogens with two attached hydrogens (primary N) is 1. The Morgan fingerprint density at radius 1 is 1.17 bits per heavy atom. The van der Waals surface area contributed by atoms with E-state index in [4.69, 9.17) is 25.7 Å². The Balaban J connectivity index is 1.18. The van der Waals surface area contributed by atoms with Crippen LogP contribution in [0, 0.1) is 17.1 Å². The smallest absolute Gasteiger partial charge is 0.354 e. The summed E-state index contributed by atoms with van der Waals surface area (Å²) in [5, 5.41) is 16.1. The van der Waals surface area contributed by atoms with Gasteiger partial charge in [0, 0.05) is 31.7 Å². The quantitative estimate of drug-likeness (QED) is 0.255. The number of carboxylic acid groups (broad SMARTS) is 1. The Labute approximate surface area is 208 Å². The largest absolute Gasteiger partial charge is 0.477 e. The Bertz CT molecular complexity index is 1100. The minimum absolute atomic E-state index is 0.0345. The van der Waals surface area contributed by atoms with Gasteiger partial charge in [0.1, 0.15) is 24.6 Å². The summed E-state index contributed by atoms with van der Waals surface area (Å²) in [5.41, 5.74) is 6.86. The van der Waals surface area contributed by atoms with Gasteiger partial charge in [-0.15, -0.1) is 0 Å². The van der Waals surface area contributed by atoms with Gasteiger partial charge in [0.05, 0.1) is 30.3 Å². The molecule has 0 aliphatic carbocycles. The van der Waals surface area contributed by atoms with Gasteiger partial charge in [-0.2, -0.15) is 0 Å². The minimum Gasteiger partial charge on any atom is -0.477 e. The van der Waals surface area contributed by atoms with Gasteiger partial charge in [-0.25, -0.2) is 14.2 Å². The standard InChI is InChI=1S/C25H30FN5O5/c26-24-17(15-36-23(32)10-22(27)28)2-1-3-21(24)31-12-19(13-31)35-14-16-6-8-30(9-7-16)18-4-5-20(25(33)34)29-11-18/h1-5,11,16,19H,6-10,12-15H2,(H3,27,28)(H,33,34). The average Bonchev–Trinajstić information content (AvgIpc) is 2.83. The predicted octanol–water partition coefficient (Wildman–Crippen LogP) is 2.41. The number of carbonyl (C=O) groups is 2. The fourth-order valence-corrected chi connectivity index (χ4v) is 4.36. The lowest BCUT2D eigenvalue weighted by molar-refractivity contribution is -0.143. The van der Waals surface area contributed by atoms with Crippen LogP contribution in [0.3, 0.4) is 0 Å². The third kappa shape index (κ3) is 6.28. The van der Waals surface area contributed by atoms with Crippen molar-refractivity contribution in [3.05, 3.63) is 53.6 Å². The van der Waals surface area contributed by atoms with Crippen LogP contribution in [0.1, 0.15) is 35.3 Å². The molecule has 192 valence electrons. The SMILES string of the molecule is N=C(N)CC(=O)OCc1cccc(N2CC(OCC3CCN(c4ccc(C(=O)O)nc4)CC3)C2)c1F. The van der Waals surface area contributed by atoms with Crippen molar-refractivity contribution in [2.75, 3.05) is 42.6 Å². The molecule has 0 bridgehead atoms. The molecule has 2 aliphatic heterocycles. The van der Waals surface area contributed by atoms with Crippen molar-refractivity contribution < 1.29 is 28.6 Å². The second-order valence-corrected chi connectivity index (χ2v) is 9.11. The summed E-state index contributed by atoms with van der Waals surface area (Å²) >= 11 is 0. The Hall–Kier alpha value is -3.73. The number of hydrogen-bond donors (Lipinski definition) is 3. The van der Waals surface area contributed by atoms with Crippen LogP contribution in [-0.2, 0) is 20.9 Å². The number of rotatable bonds is 10. The highest BCUT2D eigenvalue weighted by Crippen LogP contribution is 2.29. The van der Waals surface area contributed by atoms with Gasteiger partial charge >= 0.3 is 11.9 Å². The van der Waals surface area contributed by atoms with Crippen LogP contribution in [0.15, 0.2) is 36.5 Å². The number of aromatic nitrogens is 1. The number of esters is 1. The molecular weight excluding hydrogens is 469 g/mol. The maximum absolute atomic E-state index is 14.9. The number of nitrogens with zero attached hydrogens (tertiary/aromatic N) is 3. The molecule has 0 spiro atoms. The summed E-state index contributed by atoms with van der Waals surface area (Å²) in [6.07, 6.45) is 3.26. The minimum atomic E-state index is -1.03. The first kappa shape index (κ1) is 25.4. The number of pyridine rings is 1. The number of nitrogens with one attached hydrogen (secondary N) is 1. The van der Waals surface area contributed by atoms with Gasteiger partial charge in [-0.1, -0.05) is 12.1 Å². The molecule has 0 unspecified atom stereocenters. The van der Waals surface area contributed by atoms with Gasteiger partial charge < -0.3 is 30.1 Å². The molecule has 1 aromatic heterocycles. The number of ether oxygens (including phenoxy) is 2. The molecule has 10 nitrogen and oxygen atoms in total. The molecule has 1 aromatic carbocycles. The number of hydrogen-bond acceptors (Lipinski definition) is 8. The molecule has 3 heterocycles. The van der Waals surface area contributed by atoms with E-state index >= 15 is 0 Å². The number of piperidine rings is 1. The highest BCUT2D eigenvalue weighted by atomic mass is 19.1. The molecule has 0 amide bonds. The molecule has 11 heteroatoms. The van der Waals surface area contributed by atoms with Gasteiger partial charge in [0.25, 0.3) is 0 Å². The highest BCUT2D eigenvalue weighted by Gasteiger charge is 2.31. The third-order valence-corrected chi connectivity index (χ3v) is 6.48. The van der Waals surface area contributed by atoms with Crippen molar-refractivity contribution in [1.29, 1.82) is 5.41 Å². The van der Waals surface area contributed by atoms with Crippen molar-refractivity contribution in [3.63, 3.8) is 0 Å². The zero-order valence-electron chi connectivity index (χ0n) is 19.9. The molecule has 0 saturated carbocycles. The molecule has 2 aromatic rings. The Morgan fingerprint density at radius 2 is 1.92 bits per heavy atom. The fourth-order valence-electron chi connectivity index (χ4n) is 4.36. The Kier molecular flexibility index (Phi) is 7.99. The van der Waals surface area contributed by atoms with Crippen molar-refractivity contribution in [3.8, 4) is 0 Å². The van der Waals surface area contributed by atoms with Crippen molar-refractivity contribution >= 4 is 29.1 Å². The number of anilines is 2. The van der Waals surface area contributed by atoms with E-state index in [1.807, 2.05) is 4.90 Å². The van der Waals surface area contributed by atoms with Gasteiger partial charge in [0.15, 0.2) is 5.82 Å². The Morgan fingerprint density at radius 3 is 2.56 bits per heavy atom. The van der Waals surface area contributed by atoms with E-state index in [9.17, 15) is 14.0 Å².